The lowest BCUT2D eigenvalue weighted by Crippen LogP contribution is -2.56. The molecule has 182 valence electrons. The molecule has 0 spiro atoms. The van der Waals surface area contributed by atoms with Crippen molar-refractivity contribution >= 4 is 6.09 Å². The first-order valence-electron chi connectivity index (χ1n) is 11.9. The van der Waals surface area contributed by atoms with Crippen molar-refractivity contribution in [3.05, 3.63) is 81.9 Å². The molecule has 2 fully saturated rings. The minimum Gasteiger partial charge on any atom is -0.445 e. The molecule has 0 aromatic heterocycles. The maximum Gasteiger partial charge on any atom is 0.410 e. The number of nitro groups is 1. The number of carbonyl (C=O) groups is 1. The molecule has 1 saturated carbocycles. The first kappa shape index (κ1) is 24.2. The van der Waals surface area contributed by atoms with Gasteiger partial charge in [-0.3, -0.25) is 15.0 Å². The van der Waals surface area contributed by atoms with Crippen molar-refractivity contribution in [2.75, 3.05) is 19.8 Å². The number of benzene rings is 2. The monoisotopic (exact) mass is 468 g/mol. The van der Waals surface area contributed by atoms with Crippen LogP contribution < -0.4 is 0 Å². The summed E-state index contributed by atoms with van der Waals surface area (Å²) < 4.78 is 11.6. The van der Waals surface area contributed by atoms with Crippen molar-refractivity contribution in [2.45, 2.75) is 62.3 Å². The Morgan fingerprint density at radius 2 is 1.71 bits per heavy atom. The van der Waals surface area contributed by atoms with Crippen LogP contribution in [0.3, 0.4) is 0 Å². The molecule has 0 bridgehead atoms. The molecule has 8 heteroatoms. The van der Waals surface area contributed by atoms with E-state index in [-0.39, 0.29) is 32.3 Å². The van der Waals surface area contributed by atoms with Crippen LogP contribution in [-0.2, 0) is 16.1 Å². The van der Waals surface area contributed by atoms with Gasteiger partial charge in [0, 0.05) is 17.9 Å². The number of amides is 1. The van der Waals surface area contributed by atoms with Crippen molar-refractivity contribution < 1.29 is 24.3 Å². The minimum absolute atomic E-state index is 0.00263. The van der Waals surface area contributed by atoms with Gasteiger partial charge in [-0.05, 0) is 42.7 Å². The molecule has 1 N–H and O–H groups in total. The summed E-state index contributed by atoms with van der Waals surface area (Å²) in [5, 5.41) is 22.0. The van der Waals surface area contributed by atoms with Crippen LogP contribution >= 0.6 is 0 Å². The van der Waals surface area contributed by atoms with E-state index in [1.807, 2.05) is 36.4 Å². The summed E-state index contributed by atoms with van der Waals surface area (Å²) in [6.07, 6.45) is 3.11. The molecule has 8 nitrogen and oxygen atoms in total. The molecule has 1 aliphatic carbocycles. The molecular formula is C26H32N2O6. The number of carbonyl (C=O) groups excluding carboxylic acids is 1. The average molecular weight is 469 g/mol. The van der Waals surface area contributed by atoms with Crippen LogP contribution in [0.15, 0.2) is 60.7 Å². The molecule has 4 rings (SSSR count). The Kier molecular flexibility index (Phi) is 7.80. The summed E-state index contributed by atoms with van der Waals surface area (Å²) in [7, 11) is 0. The van der Waals surface area contributed by atoms with Crippen molar-refractivity contribution in [2.24, 2.45) is 0 Å². The Bertz CT molecular complexity index is 948. The highest BCUT2D eigenvalue weighted by Crippen LogP contribution is 2.36. The first-order chi connectivity index (χ1) is 16.5. The molecule has 0 radical (unpaired) electrons. The summed E-state index contributed by atoms with van der Waals surface area (Å²) in [5.74, 6) is 0.493. The third-order valence-electron chi connectivity index (χ3n) is 7.29. The standard InChI is InChI=1S/C26H32N2O6/c29-19-26(28(31)32)15-16-27(25(30)34-17-20-7-3-1-4-8-20)24(26)18-33-23-13-11-22(12-14-23)21-9-5-2-6-10-21/h1-10,22-24,29H,11-19H2/t22-,23+,24-,26+/m0/s1. The maximum atomic E-state index is 12.9. The predicted molar refractivity (Wildman–Crippen MR) is 126 cm³/mol. The summed E-state index contributed by atoms with van der Waals surface area (Å²) in [5.41, 5.74) is 0.518. The van der Waals surface area contributed by atoms with Crippen LogP contribution in [0.2, 0.25) is 0 Å². The fourth-order valence-electron chi connectivity index (χ4n) is 5.16. The molecule has 2 aliphatic rings. The lowest BCUT2D eigenvalue weighted by molar-refractivity contribution is -0.576. The highest BCUT2D eigenvalue weighted by Gasteiger charge is 2.59. The van der Waals surface area contributed by atoms with Gasteiger partial charge >= 0.3 is 6.09 Å². The van der Waals surface area contributed by atoms with Crippen molar-refractivity contribution in [1.82, 2.24) is 4.90 Å². The Morgan fingerprint density at radius 1 is 1.06 bits per heavy atom. The number of aliphatic hydroxyl groups is 1. The van der Waals surface area contributed by atoms with Crippen LogP contribution in [0.5, 0.6) is 0 Å². The van der Waals surface area contributed by atoms with E-state index < -0.39 is 29.2 Å². The van der Waals surface area contributed by atoms with E-state index in [4.69, 9.17) is 9.47 Å². The van der Waals surface area contributed by atoms with Gasteiger partial charge in [-0.2, -0.15) is 0 Å². The summed E-state index contributed by atoms with van der Waals surface area (Å²) in [6.45, 7) is -0.429. The molecule has 2 aromatic rings. The topological polar surface area (TPSA) is 102 Å². The number of rotatable bonds is 8. The summed E-state index contributed by atoms with van der Waals surface area (Å²) >= 11 is 0. The zero-order valence-corrected chi connectivity index (χ0v) is 19.3. The number of hydrogen-bond donors (Lipinski definition) is 1. The number of hydrogen-bond acceptors (Lipinski definition) is 6. The fraction of sp³-hybridized carbons (Fsp3) is 0.500. The van der Waals surface area contributed by atoms with Gasteiger partial charge in [0.25, 0.3) is 5.54 Å². The summed E-state index contributed by atoms with van der Waals surface area (Å²) in [6, 6.07) is 18.8. The van der Waals surface area contributed by atoms with E-state index in [1.165, 1.54) is 10.5 Å². The Morgan fingerprint density at radius 3 is 2.32 bits per heavy atom. The molecule has 1 amide bonds. The third-order valence-corrected chi connectivity index (χ3v) is 7.29. The van der Waals surface area contributed by atoms with Crippen LogP contribution in [0.4, 0.5) is 4.79 Å². The van der Waals surface area contributed by atoms with Crippen molar-refractivity contribution in [3.8, 4) is 0 Å². The fourth-order valence-corrected chi connectivity index (χ4v) is 5.16. The highest BCUT2D eigenvalue weighted by atomic mass is 16.6. The summed E-state index contributed by atoms with van der Waals surface area (Å²) in [4.78, 5) is 25.7. The van der Waals surface area contributed by atoms with E-state index in [9.17, 15) is 20.0 Å². The molecule has 2 atom stereocenters. The zero-order chi connectivity index (χ0) is 24.0. The smallest absolute Gasteiger partial charge is 0.410 e. The molecule has 2 aromatic carbocycles. The molecule has 1 heterocycles. The van der Waals surface area contributed by atoms with Crippen LogP contribution in [-0.4, -0.2) is 58.5 Å². The molecule has 0 unspecified atom stereocenters. The third kappa shape index (κ3) is 5.23. The predicted octanol–water partition coefficient (Wildman–Crippen LogP) is 4.15. The van der Waals surface area contributed by atoms with Crippen LogP contribution in [0, 0.1) is 10.1 Å². The Labute approximate surface area is 199 Å². The maximum absolute atomic E-state index is 12.9. The number of ether oxygens (including phenoxy) is 2. The number of nitrogens with zero attached hydrogens (tertiary/aromatic N) is 2. The van der Waals surface area contributed by atoms with Crippen LogP contribution in [0.1, 0.15) is 49.1 Å². The van der Waals surface area contributed by atoms with Gasteiger partial charge in [0.2, 0.25) is 0 Å². The molecule has 1 aliphatic heterocycles. The molecule has 1 saturated heterocycles. The van der Waals surface area contributed by atoms with Crippen LogP contribution in [0.25, 0.3) is 0 Å². The van der Waals surface area contributed by atoms with Gasteiger partial charge in [0.05, 0.1) is 12.7 Å². The van der Waals surface area contributed by atoms with E-state index in [0.717, 1.165) is 31.2 Å². The van der Waals surface area contributed by atoms with Crippen molar-refractivity contribution in [3.63, 3.8) is 0 Å². The van der Waals surface area contributed by atoms with Gasteiger partial charge in [-0.1, -0.05) is 60.7 Å². The molecular weight excluding hydrogens is 436 g/mol. The normalized spacial score (nSPS) is 26.9. The lowest BCUT2D eigenvalue weighted by Gasteiger charge is -2.33. The van der Waals surface area contributed by atoms with Gasteiger partial charge in [0.1, 0.15) is 19.3 Å². The minimum atomic E-state index is -1.65. The van der Waals surface area contributed by atoms with E-state index in [2.05, 4.69) is 24.3 Å². The molecule has 34 heavy (non-hydrogen) atoms. The average Bonchev–Trinajstić information content (AvgIpc) is 3.27. The second-order valence-electron chi connectivity index (χ2n) is 9.24. The van der Waals surface area contributed by atoms with Crippen molar-refractivity contribution in [1.29, 1.82) is 0 Å². The van der Waals surface area contributed by atoms with Gasteiger partial charge in [-0.15, -0.1) is 0 Å². The van der Waals surface area contributed by atoms with E-state index in [1.54, 1.807) is 0 Å². The number of aliphatic hydroxyl groups excluding tert-OH is 1. The Balaban J connectivity index is 1.37. The van der Waals surface area contributed by atoms with E-state index >= 15 is 0 Å². The quantitative estimate of drug-likeness (QED) is 0.461. The largest absolute Gasteiger partial charge is 0.445 e. The Hall–Kier alpha value is -2.97. The zero-order valence-electron chi connectivity index (χ0n) is 19.3. The second-order valence-corrected chi connectivity index (χ2v) is 9.24. The first-order valence-corrected chi connectivity index (χ1v) is 11.9. The second kappa shape index (κ2) is 11.0. The number of likely N-dealkylation sites (tertiary alicyclic amines) is 1. The lowest BCUT2D eigenvalue weighted by atomic mass is 9.82. The highest BCUT2D eigenvalue weighted by molar-refractivity contribution is 5.69. The van der Waals surface area contributed by atoms with Gasteiger partial charge in [-0.25, -0.2) is 4.79 Å². The van der Waals surface area contributed by atoms with Gasteiger partial charge < -0.3 is 14.6 Å². The van der Waals surface area contributed by atoms with Gasteiger partial charge in [0.15, 0.2) is 0 Å². The SMILES string of the molecule is O=C(OCc1ccccc1)N1CC[C@](CO)([N+](=O)[O-])[C@@H]1CO[C@H]1CC[C@@H](c2ccccc2)CC1. The van der Waals surface area contributed by atoms with E-state index in [0.29, 0.717) is 5.92 Å².